The Morgan fingerprint density at radius 3 is 2.58 bits per heavy atom. The molecule has 0 radical (unpaired) electrons. The van der Waals surface area contributed by atoms with Gasteiger partial charge in [-0.15, -0.1) is 0 Å². The Kier molecular flexibility index (Phi) is 5.02. The molecule has 0 aliphatic carbocycles. The number of rotatable bonds is 4. The summed E-state index contributed by atoms with van der Waals surface area (Å²) in [6.45, 7) is 2.77. The highest BCUT2D eigenvalue weighted by Crippen LogP contribution is 2.63. The molecule has 3 aromatic carbocycles. The average molecular weight is 481 g/mol. The molecule has 1 saturated heterocycles. The first kappa shape index (κ1) is 22.5. The third-order valence-corrected chi connectivity index (χ3v) is 8.14. The number of aromatic nitrogens is 2. The molecule has 7 nitrogen and oxygen atoms in total. The summed E-state index contributed by atoms with van der Waals surface area (Å²) in [4.78, 5) is 35.0. The number of benzene rings is 3. The fraction of sp³-hybridized carbons (Fsp3) is 0.276. The van der Waals surface area contributed by atoms with Crippen LogP contribution < -0.4 is 5.32 Å². The molecule has 7 heteroatoms. The first-order chi connectivity index (χ1) is 17.4. The number of para-hydroxylation sites is 3. The number of hydrogen-bond acceptors (Lipinski definition) is 5. The molecule has 1 amide bonds. The monoisotopic (exact) mass is 480 g/mol. The number of imidazole rings is 1. The summed E-state index contributed by atoms with van der Waals surface area (Å²) >= 11 is 0. The van der Waals surface area contributed by atoms with Gasteiger partial charge in [0.2, 0.25) is 0 Å². The van der Waals surface area contributed by atoms with E-state index in [1.807, 2.05) is 72.0 Å². The smallest absolute Gasteiger partial charge is 0.317 e. The Morgan fingerprint density at radius 1 is 1.08 bits per heavy atom. The number of carbonyl (C=O) groups excluding carboxylic acids is 2. The van der Waals surface area contributed by atoms with Gasteiger partial charge in [-0.2, -0.15) is 0 Å². The molecule has 2 aliphatic heterocycles. The van der Waals surface area contributed by atoms with E-state index in [-0.39, 0.29) is 18.4 Å². The summed E-state index contributed by atoms with van der Waals surface area (Å²) in [5.41, 5.74) is 2.85. The Balaban J connectivity index is 1.68. The van der Waals surface area contributed by atoms with Gasteiger partial charge in [0.1, 0.15) is 11.0 Å². The number of nitrogens with zero attached hydrogens (tertiary/aromatic N) is 3. The summed E-state index contributed by atoms with van der Waals surface area (Å²) in [7, 11) is 3.34. The molecule has 36 heavy (non-hydrogen) atoms. The normalized spacial score (nSPS) is 25.3. The predicted molar refractivity (Wildman–Crippen MR) is 137 cm³/mol. The van der Waals surface area contributed by atoms with Crippen molar-refractivity contribution in [2.75, 3.05) is 26.0 Å². The molecule has 0 unspecified atom stereocenters. The number of amides is 1. The van der Waals surface area contributed by atoms with Crippen LogP contribution in [-0.4, -0.2) is 47.0 Å². The maximum Gasteiger partial charge on any atom is 0.317 e. The van der Waals surface area contributed by atoms with Gasteiger partial charge in [0, 0.05) is 30.3 Å². The minimum atomic E-state index is -1.27. The van der Waals surface area contributed by atoms with Crippen molar-refractivity contribution in [1.82, 2.24) is 14.5 Å². The minimum absolute atomic E-state index is 0.212. The van der Waals surface area contributed by atoms with E-state index < -0.39 is 16.9 Å². The molecule has 1 spiro atoms. The van der Waals surface area contributed by atoms with Crippen LogP contribution in [0.4, 0.5) is 5.69 Å². The lowest BCUT2D eigenvalue weighted by molar-refractivity contribution is -0.165. The maximum atomic E-state index is 14.2. The number of anilines is 1. The molecule has 3 atom stereocenters. The number of esters is 1. The topological polar surface area (TPSA) is 76.5 Å². The fourth-order valence-electron chi connectivity index (χ4n) is 6.58. The van der Waals surface area contributed by atoms with E-state index in [9.17, 15) is 9.59 Å². The predicted octanol–water partition coefficient (Wildman–Crippen LogP) is 4.08. The second kappa shape index (κ2) is 8.03. The zero-order valence-corrected chi connectivity index (χ0v) is 20.6. The second-order valence-electron chi connectivity index (χ2n) is 9.88. The van der Waals surface area contributed by atoms with Crippen molar-refractivity contribution in [3.05, 3.63) is 95.8 Å². The summed E-state index contributed by atoms with van der Waals surface area (Å²) in [5.74, 6) is -0.939. The zero-order chi connectivity index (χ0) is 25.1. The Morgan fingerprint density at radius 2 is 1.81 bits per heavy atom. The van der Waals surface area contributed by atoms with Gasteiger partial charge in [-0.1, -0.05) is 60.2 Å². The van der Waals surface area contributed by atoms with Crippen molar-refractivity contribution in [3.8, 4) is 0 Å². The fourth-order valence-corrected chi connectivity index (χ4v) is 6.58. The third kappa shape index (κ3) is 2.80. The summed E-state index contributed by atoms with van der Waals surface area (Å²) < 4.78 is 7.58. The number of likely N-dealkylation sites (N-methyl/N-ethyl adjacent to an activating group) is 1. The summed E-state index contributed by atoms with van der Waals surface area (Å²) in [6.07, 6.45) is 1.76. The number of aryl methyl sites for hydroxylation is 1. The lowest BCUT2D eigenvalue weighted by Gasteiger charge is -2.45. The van der Waals surface area contributed by atoms with Gasteiger partial charge in [0.25, 0.3) is 5.91 Å². The van der Waals surface area contributed by atoms with Crippen LogP contribution in [0.3, 0.4) is 0 Å². The van der Waals surface area contributed by atoms with Gasteiger partial charge in [0.15, 0.2) is 0 Å². The van der Waals surface area contributed by atoms with Gasteiger partial charge < -0.3 is 14.6 Å². The zero-order valence-electron chi connectivity index (χ0n) is 20.6. The van der Waals surface area contributed by atoms with Crippen LogP contribution in [0.5, 0.6) is 0 Å². The molecule has 6 rings (SSSR count). The van der Waals surface area contributed by atoms with Gasteiger partial charge in [0.05, 0.1) is 24.5 Å². The molecule has 2 aliphatic rings. The highest BCUT2D eigenvalue weighted by atomic mass is 16.5. The van der Waals surface area contributed by atoms with E-state index in [2.05, 4.69) is 34.6 Å². The van der Waals surface area contributed by atoms with Gasteiger partial charge in [-0.3, -0.25) is 14.5 Å². The third-order valence-electron chi connectivity index (χ3n) is 8.14. The van der Waals surface area contributed by atoms with Crippen LogP contribution in [-0.2, 0) is 26.4 Å². The van der Waals surface area contributed by atoms with Crippen LogP contribution in [0.15, 0.2) is 79.1 Å². The highest BCUT2D eigenvalue weighted by molar-refractivity contribution is 6.10. The number of hydrogen-bond donors (Lipinski definition) is 1. The molecule has 0 saturated carbocycles. The van der Waals surface area contributed by atoms with Crippen molar-refractivity contribution >= 4 is 28.6 Å². The number of nitrogens with one attached hydrogen (secondary N) is 1. The molecular formula is C29H28N4O3. The Bertz CT molecular complexity index is 1490. The quantitative estimate of drug-likeness (QED) is 0.446. The lowest BCUT2D eigenvalue weighted by Crippen LogP contribution is -2.60. The molecule has 4 aromatic rings. The van der Waals surface area contributed by atoms with Gasteiger partial charge in [-0.05, 0) is 37.7 Å². The van der Waals surface area contributed by atoms with Crippen LogP contribution in [0.25, 0.3) is 11.0 Å². The Labute approximate surface area is 209 Å². The molecular weight excluding hydrogens is 452 g/mol. The van der Waals surface area contributed by atoms with Crippen LogP contribution in [0.1, 0.15) is 22.6 Å². The number of carbonyl (C=O) groups is 2. The molecule has 0 bridgehead atoms. The number of fused-ring (bicyclic) bond motifs is 3. The number of methoxy groups -OCH3 is 1. The van der Waals surface area contributed by atoms with Crippen LogP contribution in [0, 0.1) is 12.3 Å². The van der Waals surface area contributed by atoms with Crippen molar-refractivity contribution in [2.24, 2.45) is 5.41 Å². The highest BCUT2D eigenvalue weighted by Gasteiger charge is 2.74. The van der Waals surface area contributed by atoms with Crippen LogP contribution in [0.2, 0.25) is 0 Å². The first-order valence-corrected chi connectivity index (χ1v) is 12.1. The average Bonchev–Trinajstić information content (AvgIpc) is 3.52. The largest absolute Gasteiger partial charge is 0.468 e. The second-order valence-corrected chi connectivity index (χ2v) is 9.88. The van der Waals surface area contributed by atoms with E-state index in [4.69, 9.17) is 4.74 Å². The number of likely N-dealkylation sites (tertiary alicyclic amines) is 1. The summed E-state index contributed by atoms with van der Waals surface area (Å²) in [6, 6.07) is 23.7. The lowest BCUT2D eigenvalue weighted by atomic mass is 9.60. The molecule has 1 N–H and O–H groups in total. The SMILES string of the molecule is COC(=O)[C@]1(Cn2cnc3ccccc32)[C@@H](c2ccc(C)cc2)CN(C)[C@@]12C(=O)Nc1ccccc12. The first-order valence-electron chi connectivity index (χ1n) is 12.1. The molecule has 1 aromatic heterocycles. The Hall–Kier alpha value is -3.97. The molecule has 182 valence electrons. The maximum absolute atomic E-state index is 14.2. The van der Waals surface area contributed by atoms with Crippen molar-refractivity contribution in [1.29, 1.82) is 0 Å². The van der Waals surface area contributed by atoms with E-state index >= 15 is 0 Å². The van der Waals surface area contributed by atoms with Crippen molar-refractivity contribution in [3.63, 3.8) is 0 Å². The van der Waals surface area contributed by atoms with Gasteiger partial charge in [-0.25, -0.2) is 4.98 Å². The van der Waals surface area contributed by atoms with E-state index in [1.165, 1.54) is 7.11 Å². The summed E-state index contributed by atoms with van der Waals surface area (Å²) in [5, 5.41) is 3.08. The standard InChI is InChI=1S/C29H28N4O3/c1-19-12-14-20(15-13-19)22-16-32(2)29(21-8-4-5-9-23(21)31-26(29)34)28(22,27(35)36-3)17-33-18-30-24-10-6-7-11-25(24)33/h4-15,18,22H,16-17H2,1-3H3,(H,31,34)/t22-,28+,29+/m1/s1. The van der Waals surface area contributed by atoms with E-state index in [0.717, 1.165) is 33.4 Å². The van der Waals surface area contributed by atoms with Crippen molar-refractivity contribution in [2.45, 2.75) is 24.9 Å². The molecule has 3 heterocycles. The number of ether oxygens (including phenoxy) is 1. The molecule has 1 fully saturated rings. The van der Waals surface area contributed by atoms with Crippen molar-refractivity contribution < 1.29 is 14.3 Å². The van der Waals surface area contributed by atoms with E-state index in [1.54, 1.807) is 6.33 Å². The van der Waals surface area contributed by atoms with E-state index in [0.29, 0.717) is 6.54 Å². The van der Waals surface area contributed by atoms with Gasteiger partial charge >= 0.3 is 5.97 Å². The minimum Gasteiger partial charge on any atom is -0.468 e. The van der Waals surface area contributed by atoms with Crippen LogP contribution >= 0.6 is 0 Å².